The highest BCUT2D eigenvalue weighted by Gasteiger charge is 2.62. The molecule has 200 valence electrons. The molecule has 3 atom stereocenters. The first-order chi connectivity index (χ1) is 17.4. The van der Waals surface area contributed by atoms with Crippen LogP contribution in [0.4, 0.5) is 22.0 Å². The van der Waals surface area contributed by atoms with Crippen molar-refractivity contribution in [1.82, 2.24) is 9.62 Å². The van der Waals surface area contributed by atoms with Crippen LogP contribution in [0.15, 0.2) is 36.4 Å². The third-order valence-corrected chi connectivity index (χ3v) is 8.69. The fourth-order valence-electron chi connectivity index (χ4n) is 5.35. The first kappa shape index (κ1) is 26.1. The number of carbonyl (C=O) groups is 1. The molecule has 2 saturated carbocycles. The number of sulfonamides is 1. The molecule has 37 heavy (non-hydrogen) atoms. The SMILES string of the molecule is O=C(C(O)C1CC1)N1CC2(CC2)[C@H](NS(=O)(=O)C(F)F)[C@@H]1Cc1cccc(-c2cc(F)cc(F)c2)c1F. The van der Waals surface area contributed by atoms with Gasteiger partial charge in [-0.3, -0.25) is 4.79 Å². The standard InChI is InChI=1S/C25H25F5N2O4S/c26-16-8-15(9-17(27)11-16)18-3-1-2-14(20(18)28)10-19-22(31-37(35,36)24(29)30)25(6-7-25)12-32(19)23(34)21(33)13-4-5-13/h1-3,8-9,11,13,19,21-22,24,31,33H,4-7,10,12H2/t19-,21?,22+/m0/s1. The lowest BCUT2D eigenvalue weighted by Gasteiger charge is -2.31. The molecule has 2 aliphatic carbocycles. The van der Waals surface area contributed by atoms with Crippen molar-refractivity contribution in [3.63, 3.8) is 0 Å². The molecule has 6 nitrogen and oxygen atoms in total. The molecule has 1 heterocycles. The number of alkyl halides is 2. The van der Waals surface area contributed by atoms with Crippen molar-refractivity contribution in [3.8, 4) is 11.1 Å². The van der Waals surface area contributed by atoms with Crippen molar-refractivity contribution >= 4 is 15.9 Å². The van der Waals surface area contributed by atoms with Crippen molar-refractivity contribution in [2.75, 3.05) is 6.54 Å². The summed E-state index contributed by atoms with van der Waals surface area (Å²) in [5, 5.41) is 10.5. The second-order valence-corrected chi connectivity index (χ2v) is 11.9. The van der Waals surface area contributed by atoms with E-state index >= 15 is 4.39 Å². The van der Waals surface area contributed by atoms with Crippen molar-refractivity contribution in [3.05, 3.63) is 59.4 Å². The highest BCUT2D eigenvalue weighted by Crippen LogP contribution is 2.56. The van der Waals surface area contributed by atoms with Gasteiger partial charge in [-0.1, -0.05) is 18.2 Å². The number of hydrogen-bond donors (Lipinski definition) is 2. The zero-order chi connectivity index (χ0) is 26.7. The van der Waals surface area contributed by atoms with Gasteiger partial charge in [0.15, 0.2) is 0 Å². The zero-order valence-electron chi connectivity index (χ0n) is 19.5. The summed E-state index contributed by atoms with van der Waals surface area (Å²) in [6, 6.07) is 4.52. The fraction of sp³-hybridized carbons (Fsp3) is 0.480. The predicted molar refractivity (Wildman–Crippen MR) is 123 cm³/mol. The van der Waals surface area contributed by atoms with Crippen LogP contribution in [-0.2, 0) is 21.2 Å². The van der Waals surface area contributed by atoms with Gasteiger partial charge in [0, 0.05) is 29.6 Å². The van der Waals surface area contributed by atoms with Crippen LogP contribution in [0.25, 0.3) is 11.1 Å². The minimum atomic E-state index is -5.04. The summed E-state index contributed by atoms with van der Waals surface area (Å²) in [4.78, 5) is 14.5. The van der Waals surface area contributed by atoms with Gasteiger partial charge in [-0.05, 0) is 61.3 Å². The number of rotatable bonds is 8. The molecule has 2 N–H and O–H groups in total. The Morgan fingerprint density at radius 2 is 1.76 bits per heavy atom. The van der Waals surface area contributed by atoms with Gasteiger partial charge in [-0.15, -0.1) is 0 Å². The summed E-state index contributed by atoms with van der Waals surface area (Å²) in [5.41, 5.74) is -0.972. The smallest absolute Gasteiger partial charge is 0.350 e. The quantitative estimate of drug-likeness (QED) is 0.498. The van der Waals surface area contributed by atoms with E-state index in [1.165, 1.54) is 23.1 Å². The Kier molecular flexibility index (Phi) is 6.56. The third kappa shape index (κ3) is 4.98. The number of hydrogen-bond acceptors (Lipinski definition) is 4. The van der Waals surface area contributed by atoms with E-state index in [2.05, 4.69) is 4.72 Å². The van der Waals surface area contributed by atoms with Crippen molar-refractivity contribution in [1.29, 1.82) is 0 Å². The minimum Gasteiger partial charge on any atom is -0.383 e. The second-order valence-electron chi connectivity index (χ2n) is 10.2. The van der Waals surface area contributed by atoms with E-state index in [0.717, 1.165) is 12.1 Å². The average molecular weight is 545 g/mol. The van der Waals surface area contributed by atoms with Crippen LogP contribution < -0.4 is 4.72 Å². The Labute approximate surface area is 210 Å². The molecule has 1 spiro atoms. The van der Waals surface area contributed by atoms with Crippen LogP contribution in [0.1, 0.15) is 31.2 Å². The molecule has 2 aromatic rings. The summed E-state index contributed by atoms with van der Waals surface area (Å²) < 4.78 is 96.1. The van der Waals surface area contributed by atoms with Crippen LogP contribution in [0.3, 0.4) is 0 Å². The topological polar surface area (TPSA) is 86.7 Å². The lowest BCUT2D eigenvalue weighted by molar-refractivity contribution is -0.142. The Bertz CT molecular complexity index is 1310. The molecule has 1 unspecified atom stereocenters. The number of carbonyl (C=O) groups excluding carboxylic acids is 1. The van der Waals surface area contributed by atoms with Gasteiger partial charge in [0.1, 0.15) is 23.6 Å². The van der Waals surface area contributed by atoms with Crippen LogP contribution in [0, 0.1) is 28.8 Å². The van der Waals surface area contributed by atoms with Crippen LogP contribution >= 0.6 is 0 Å². The molecule has 1 amide bonds. The van der Waals surface area contributed by atoms with Crippen LogP contribution in [0.5, 0.6) is 0 Å². The zero-order valence-corrected chi connectivity index (χ0v) is 20.3. The molecule has 1 saturated heterocycles. The molecule has 0 radical (unpaired) electrons. The molecule has 12 heteroatoms. The Morgan fingerprint density at radius 3 is 2.32 bits per heavy atom. The molecule has 3 fully saturated rings. The lowest BCUT2D eigenvalue weighted by atomic mass is 9.91. The maximum Gasteiger partial charge on any atom is 0.350 e. The summed E-state index contributed by atoms with van der Waals surface area (Å²) in [7, 11) is -5.04. The van der Waals surface area contributed by atoms with Gasteiger partial charge in [0.2, 0.25) is 0 Å². The van der Waals surface area contributed by atoms with E-state index in [4.69, 9.17) is 0 Å². The van der Waals surface area contributed by atoms with Crippen LogP contribution in [0.2, 0.25) is 0 Å². The summed E-state index contributed by atoms with van der Waals surface area (Å²) in [6.07, 6.45) is 0.647. The molecule has 2 aromatic carbocycles. The second kappa shape index (κ2) is 9.32. The largest absolute Gasteiger partial charge is 0.383 e. The molecule has 1 aliphatic heterocycles. The Balaban J connectivity index is 1.52. The number of benzene rings is 2. The highest BCUT2D eigenvalue weighted by molar-refractivity contribution is 7.89. The van der Waals surface area contributed by atoms with Gasteiger partial charge in [-0.2, -0.15) is 8.78 Å². The summed E-state index contributed by atoms with van der Waals surface area (Å²) in [5.74, 6) is -7.23. The first-order valence-electron chi connectivity index (χ1n) is 11.9. The van der Waals surface area contributed by atoms with Gasteiger partial charge in [0.25, 0.3) is 15.9 Å². The summed E-state index contributed by atoms with van der Waals surface area (Å²) in [6.45, 7) is 0.0348. The van der Waals surface area contributed by atoms with E-state index in [1.807, 2.05) is 0 Å². The van der Waals surface area contributed by atoms with E-state index in [-0.39, 0.29) is 35.6 Å². The number of nitrogens with zero attached hydrogens (tertiary/aromatic N) is 1. The Hall–Kier alpha value is -2.57. The fourth-order valence-corrected chi connectivity index (χ4v) is 6.22. The molecule has 0 aromatic heterocycles. The highest BCUT2D eigenvalue weighted by atomic mass is 32.2. The van der Waals surface area contributed by atoms with Crippen molar-refractivity contribution in [2.45, 2.75) is 56.0 Å². The number of nitrogens with one attached hydrogen (secondary N) is 1. The van der Waals surface area contributed by atoms with E-state index in [0.29, 0.717) is 31.7 Å². The van der Waals surface area contributed by atoms with Crippen molar-refractivity contribution in [2.24, 2.45) is 11.3 Å². The first-order valence-corrected chi connectivity index (χ1v) is 13.5. The maximum atomic E-state index is 15.6. The molecular formula is C25H25F5N2O4S. The summed E-state index contributed by atoms with van der Waals surface area (Å²) >= 11 is 0. The maximum absolute atomic E-state index is 15.6. The normalized spacial score (nSPS) is 23.6. The van der Waals surface area contributed by atoms with Crippen molar-refractivity contribution < 1.29 is 40.3 Å². The Morgan fingerprint density at radius 1 is 1.11 bits per heavy atom. The third-order valence-electron chi connectivity index (χ3n) is 7.63. The monoisotopic (exact) mass is 544 g/mol. The lowest BCUT2D eigenvalue weighted by Crippen LogP contribution is -2.52. The number of aliphatic hydroxyl groups excluding tert-OH is 1. The average Bonchev–Trinajstić information content (AvgIpc) is 3.74. The van der Waals surface area contributed by atoms with Gasteiger partial charge >= 0.3 is 5.76 Å². The molecular weight excluding hydrogens is 519 g/mol. The van der Waals surface area contributed by atoms with Crippen LogP contribution in [-0.4, -0.2) is 54.8 Å². The predicted octanol–water partition coefficient (Wildman–Crippen LogP) is 3.59. The number of halogens is 5. The molecule has 5 rings (SSSR count). The van der Waals surface area contributed by atoms with E-state index < -0.39 is 62.7 Å². The molecule has 0 bridgehead atoms. The number of amides is 1. The minimum absolute atomic E-state index is 0.00447. The van der Waals surface area contributed by atoms with Gasteiger partial charge in [-0.25, -0.2) is 26.3 Å². The van der Waals surface area contributed by atoms with Gasteiger partial charge < -0.3 is 10.0 Å². The van der Waals surface area contributed by atoms with Gasteiger partial charge in [0.05, 0.1) is 6.04 Å². The van der Waals surface area contributed by atoms with E-state index in [9.17, 15) is 35.9 Å². The molecule has 3 aliphatic rings. The van der Waals surface area contributed by atoms with E-state index in [1.54, 1.807) is 0 Å². The number of likely N-dealkylation sites (tertiary alicyclic amines) is 1. The number of aliphatic hydroxyl groups is 1.